The Morgan fingerprint density at radius 3 is 2.56 bits per heavy atom. The largest absolute Gasteiger partial charge is 0.314 e. The molecule has 25 heavy (non-hydrogen) atoms. The molecule has 1 N–H and O–H groups in total. The molecule has 1 atom stereocenters. The van der Waals surface area contributed by atoms with Crippen LogP contribution in [0.3, 0.4) is 0 Å². The SMILES string of the molecule is C=CCC[C@H](c1ccccc1Sc1ccc(Cl)cc1)N1CCNCC1. The molecule has 0 radical (unpaired) electrons. The van der Waals surface area contributed by atoms with E-state index in [1.807, 2.05) is 30.0 Å². The van der Waals surface area contributed by atoms with Gasteiger partial charge in [-0.1, -0.05) is 47.6 Å². The Bertz CT molecular complexity index is 681. The van der Waals surface area contributed by atoms with Gasteiger partial charge in [0.1, 0.15) is 0 Å². The number of benzene rings is 2. The maximum absolute atomic E-state index is 6.02. The van der Waals surface area contributed by atoms with Crippen LogP contribution in [0.15, 0.2) is 71.0 Å². The number of allylic oxidation sites excluding steroid dienone is 1. The fourth-order valence-corrected chi connectivity index (χ4v) is 4.40. The average Bonchev–Trinajstić information content (AvgIpc) is 2.66. The zero-order valence-corrected chi connectivity index (χ0v) is 16.0. The van der Waals surface area contributed by atoms with Gasteiger partial charge in [-0.05, 0) is 48.7 Å². The average molecular weight is 373 g/mol. The van der Waals surface area contributed by atoms with E-state index in [0.29, 0.717) is 6.04 Å². The summed E-state index contributed by atoms with van der Waals surface area (Å²) in [5.74, 6) is 0. The molecule has 2 nitrogen and oxygen atoms in total. The Labute approximate surface area is 160 Å². The minimum atomic E-state index is 0.441. The molecule has 0 bridgehead atoms. The Morgan fingerprint density at radius 2 is 1.84 bits per heavy atom. The molecule has 0 aromatic heterocycles. The Morgan fingerprint density at radius 1 is 1.12 bits per heavy atom. The van der Waals surface area contributed by atoms with Gasteiger partial charge in [0.2, 0.25) is 0 Å². The third kappa shape index (κ3) is 5.11. The molecule has 0 amide bonds. The molecule has 1 saturated heterocycles. The van der Waals surface area contributed by atoms with Crippen LogP contribution < -0.4 is 5.32 Å². The molecule has 2 aromatic rings. The van der Waals surface area contributed by atoms with Gasteiger partial charge in [0.15, 0.2) is 0 Å². The van der Waals surface area contributed by atoms with E-state index < -0.39 is 0 Å². The highest BCUT2D eigenvalue weighted by molar-refractivity contribution is 7.99. The zero-order chi connectivity index (χ0) is 17.5. The lowest BCUT2D eigenvalue weighted by atomic mass is 9.99. The van der Waals surface area contributed by atoms with Crippen LogP contribution in [0, 0.1) is 0 Å². The summed E-state index contributed by atoms with van der Waals surface area (Å²) in [6, 6.07) is 17.3. The van der Waals surface area contributed by atoms with Gasteiger partial charge in [-0.25, -0.2) is 0 Å². The van der Waals surface area contributed by atoms with Crippen molar-refractivity contribution in [2.45, 2.75) is 28.7 Å². The maximum Gasteiger partial charge on any atom is 0.0406 e. The number of piperazine rings is 1. The van der Waals surface area contributed by atoms with Crippen molar-refractivity contribution < 1.29 is 0 Å². The highest BCUT2D eigenvalue weighted by Crippen LogP contribution is 2.37. The quantitative estimate of drug-likeness (QED) is 0.654. The normalized spacial score (nSPS) is 16.5. The first-order valence-electron chi connectivity index (χ1n) is 8.86. The van der Waals surface area contributed by atoms with Crippen LogP contribution in [0.25, 0.3) is 0 Å². The number of halogens is 1. The highest BCUT2D eigenvalue weighted by Gasteiger charge is 2.23. The van der Waals surface area contributed by atoms with Crippen molar-refractivity contribution in [1.82, 2.24) is 10.2 Å². The van der Waals surface area contributed by atoms with Crippen LogP contribution in [0.4, 0.5) is 0 Å². The Kier molecular flexibility index (Phi) is 7.00. The van der Waals surface area contributed by atoms with Gasteiger partial charge in [0.05, 0.1) is 0 Å². The van der Waals surface area contributed by atoms with E-state index in [1.165, 1.54) is 15.4 Å². The lowest BCUT2D eigenvalue weighted by Crippen LogP contribution is -2.45. The van der Waals surface area contributed by atoms with E-state index in [-0.39, 0.29) is 0 Å². The zero-order valence-electron chi connectivity index (χ0n) is 14.5. The number of nitrogens with zero attached hydrogens (tertiary/aromatic N) is 1. The minimum absolute atomic E-state index is 0.441. The third-order valence-electron chi connectivity index (χ3n) is 4.56. The molecule has 1 aliphatic heterocycles. The van der Waals surface area contributed by atoms with Crippen LogP contribution in [-0.4, -0.2) is 31.1 Å². The molecule has 1 heterocycles. The Balaban J connectivity index is 1.86. The molecular weight excluding hydrogens is 348 g/mol. The predicted octanol–water partition coefficient (Wildman–Crippen LogP) is 5.40. The van der Waals surface area contributed by atoms with E-state index in [0.717, 1.165) is 44.0 Å². The molecule has 132 valence electrons. The van der Waals surface area contributed by atoms with Crippen LogP contribution >= 0.6 is 23.4 Å². The predicted molar refractivity (Wildman–Crippen MR) is 109 cm³/mol. The van der Waals surface area contributed by atoms with Gasteiger partial charge in [-0.2, -0.15) is 0 Å². The second-order valence-electron chi connectivity index (χ2n) is 6.26. The topological polar surface area (TPSA) is 15.3 Å². The smallest absolute Gasteiger partial charge is 0.0406 e. The molecule has 0 saturated carbocycles. The molecule has 0 unspecified atom stereocenters. The van der Waals surface area contributed by atoms with Gasteiger partial charge >= 0.3 is 0 Å². The van der Waals surface area contributed by atoms with Crippen molar-refractivity contribution in [1.29, 1.82) is 0 Å². The fourth-order valence-electron chi connectivity index (χ4n) is 3.28. The van der Waals surface area contributed by atoms with Crippen LogP contribution in [0.2, 0.25) is 5.02 Å². The number of hydrogen-bond acceptors (Lipinski definition) is 3. The summed E-state index contributed by atoms with van der Waals surface area (Å²) in [5.41, 5.74) is 1.42. The van der Waals surface area contributed by atoms with Crippen molar-refractivity contribution in [3.05, 3.63) is 71.8 Å². The molecule has 1 aliphatic rings. The number of rotatable bonds is 7. The molecular formula is C21H25ClN2S. The standard InChI is InChI=1S/C21H25ClN2S/c1-2-3-7-20(24-15-13-23-14-16-24)19-6-4-5-8-21(19)25-18-11-9-17(22)10-12-18/h2,4-6,8-12,20,23H,1,3,7,13-16H2/t20-/m1/s1. The third-order valence-corrected chi connectivity index (χ3v) is 5.91. The van der Waals surface area contributed by atoms with Crippen molar-refractivity contribution in [3.8, 4) is 0 Å². The van der Waals surface area contributed by atoms with Crippen molar-refractivity contribution in [2.75, 3.05) is 26.2 Å². The van der Waals surface area contributed by atoms with Gasteiger partial charge in [-0.15, -0.1) is 6.58 Å². The van der Waals surface area contributed by atoms with Crippen LogP contribution in [0.5, 0.6) is 0 Å². The van der Waals surface area contributed by atoms with E-state index in [2.05, 4.69) is 53.2 Å². The van der Waals surface area contributed by atoms with Gasteiger partial charge in [0.25, 0.3) is 0 Å². The summed E-state index contributed by atoms with van der Waals surface area (Å²) in [7, 11) is 0. The maximum atomic E-state index is 6.02. The van der Waals surface area contributed by atoms with E-state index >= 15 is 0 Å². The highest BCUT2D eigenvalue weighted by atomic mass is 35.5. The van der Waals surface area contributed by atoms with Gasteiger partial charge in [0, 0.05) is 47.0 Å². The molecule has 4 heteroatoms. The summed E-state index contributed by atoms with van der Waals surface area (Å²) >= 11 is 7.85. The first-order chi connectivity index (χ1) is 12.3. The second-order valence-corrected chi connectivity index (χ2v) is 7.81. The van der Waals surface area contributed by atoms with Crippen LogP contribution in [0.1, 0.15) is 24.4 Å². The number of hydrogen-bond donors (Lipinski definition) is 1. The van der Waals surface area contributed by atoms with Gasteiger partial charge < -0.3 is 5.32 Å². The first kappa shape index (κ1) is 18.5. The lowest BCUT2D eigenvalue weighted by molar-refractivity contribution is 0.164. The molecule has 0 spiro atoms. The Hall–Kier alpha value is -1.26. The lowest BCUT2D eigenvalue weighted by Gasteiger charge is -2.36. The molecule has 0 aliphatic carbocycles. The van der Waals surface area contributed by atoms with E-state index in [4.69, 9.17) is 11.6 Å². The summed E-state index contributed by atoms with van der Waals surface area (Å²) in [4.78, 5) is 5.17. The van der Waals surface area contributed by atoms with E-state index in [1.54, 1.807) is 0 Å². The molecule has 1 fully saturated rings. The van der Waals surface area contributed by atoms with Crippen molar-refractivity contribution >= 4 is 23.4 Å². The first-order valence-corrected chi connectivity index (χ1v) is 10.1. The van der Waals surface area contributed by atoms with Gasteiger partial charge in [-0.3, -0.25) is 4.90 Å². The molecule has 3 rings (SSSR count). The van der Waals surface area contributed by atoms with E-state index in [9.17, 15) is 0 Å². The van der Waals surface area contributed by atoms with Crippen LogP contribution in [-0.2, 0) is 0 Å². The number of nitrogens with one attached hydrogen (secondary N) is 1. The summed E-state index contributed by atoms with van der Waals surface area (Å²) in [5, 5.41) is 4.24. The summed E-state index contributed by atoms with van der Waals surface area (Å²) in [6.45, 7) is 8.25. The summed E-state index contributed by atoms with van der Waals surface area (Å²) in [6.07, 6.45) is 4.18. The van der Waals surface area contributed by atoms with Crippen molar-refractivity contribution in [2.24, 2.45) is 0 Å². The monoisotopic (exact) mass is 372 g/mol. The second kappa shape index (κ2) is 9.44. The minimum Gasteiger partial charge on any atom is -0.314 e. The summed E-state index contributed by atoms with van der Waals surface area (Å²) < 4.78 is 0. The molecule has 2 aromatic carbocycles. The fraction of sp³-hybridized carbons (Fsp3) is 0.333. The van der Waals surface area contributed by atoms with Crippen molar-refractivity contribution in [3.63, 3.8) is 0 Å².